The van der Waals surface area contributed by atoms with Crippen molar-refractivity contribution in [3.8, 4) is 0 Å². The third-order valence-corrected chi connectivity index (χ3v) is 4.29. The molecule has 1 atom stereocenters. The fraction of sp³-hybridized carbons (Fsp3) is 0.444. The molecular weight excluding hydrogens is 292 g/mol. The monoisotopic (exact) mass is 316 g/mol. The Morgan fingerprint density at radius 1 is 1.30 bits per heavy atom. The van der Waals surface area contributed by atoms with Crippen molar-refractivity contribution in [1.82, 2.24) is 10.2 Å². The van der Waals surface area contributed by atoms with Crippen molar-refractivity contribution in [1.29, 1.82) is 0 Å². The van der Waals surface area contributed by atoms with E-state index < -0.39 is 5.97 Å². The van der Waals surface area contributed by atoms with Crippen LogP contribution in [0.2, 0.25) is 0 Å². The van der Waals surface area contributed by atoms with Crippen LogP contribution in [0.15, 0.2) is 43.0 Å². The quantitative estimate of drug-likeness (QED) is 0.792. The minimum Gasteiger partial charge on any atom is -0.481 e. The highest BCUT2D eigenvalue weighted by Gasteiger charge is 2.27. The van der Waals surface area contributed by atoms with Crippen molar-refractivity contribution in [3.63, 3.8) is 0 Å². The van der Waals surface area contributed by atoms with Gasteiger partial charge >= 0.3 is 12.0 Å². The van der Waals surface area contributed by atoms with Gasteiger partial charge in [0, 0.05) is 13.1 Å². The Hall–Kier alpha value is -2.30. The zero-order valence-corrected chi connectivity index (χ0v) is 13.3. The number of urea groups is 1. The highest BCUT2D eigenvalue weighted by atomic mass is 16.4. The molecule has 1 heterocycles. The fourth-order valence-electron chi connectivity index (χ4n) is 2.86. The first-order valence-corrected chi connectivity index (χ1v) is 8.06. The van der Waals surface area contributed by atoms with Crippen LogP contribution < -0.4 is 5.32 Å². The number of carboxylic acids is 1. The summed E-state index contributed by atoms with van der Waals surface area (Å²) in [6, 6.07) is 9.70. The van der Waals surface area contributed by atoms with Gasteiger partial charge in [-0.2, -0.15) is 0 Å². The molecule has 2 N–H and O–H groups in total. The van der Waals surface area contributed by atoms with Gasteiger partial charge in [0.2, 0.25) is 0 Å². The summed E-state index contributed by atoms with van der Waals surface area (Å²) in [4.78, 5) is 25.2. The molecule has 5 heteroatoms. The molecule has 23 heavy (non-hydrogen) atoms. The Bertz CT molecular complexity index is 536. The molecule has 0 saturated carbocycles. The summed E-state index contributed by atoms with van der Waals surface area (Å²) in [6.07, 6.45) is 4.50. The second-order valence-electron chi connectivity index (χ2n) is 5.88. The number of carboxylic acid groups (broad SMARTS) is 1. The van der Waals surface area contributed by atoms with Crippen molar-refractivity contribution < 1.29 is 14.7 Å². The van der Waals surface area contributed by atoms with Crippen molar-refractivity contribution in [2.45, 2.75) is 31.7 Å². The highest BCUT2D eigenvalue weighted by Crippen LogP contribution is 2.21. The average Bonchev–Trinajstić information content (AvgIpc) is 2.59. The molecule has 2 rings (SSSR count). The third kappa shape index (κ3) is 4.84. The number of carbonyl (C=O) groups is 2. The molecule has 0 aromatic heterocycles. The maximum absolute atomic E-state index is 12.5. The largest absolute Gasteiger partial charge is 0.481 e. The van der Waals surface area contributed by atoms with Crippen LogP contribution in [0.5, 0.6) is 0 Å². The molecule has 1 aliphatic rings. The lowest BCUT2D eigenvalue weighted by Crippen LogP contribution is -2.46. The van der Waals surface area contributed by atoms with Gasteiger partial charge in [-0.1, -0.05) is 36.4 Å². The lowest BCUT2D eigenvalue weighted by molar-refractivity contribution is -0.143. The summed E-state index contributed by atoms with van der Waals surface area (Å²) in [7, 11) is 0. The predicted molar refractivity (Wildman–Crippen MR) is 89.1 cm³/mol. The summed E-state index contributed by atoms with van der Waals surface area (Å²) in [6.45, 7) is 4.73. The van der Waals surface area contributed by atoms with Crippen LogP contribution in [-0.2, 0) is 4.79 Å². The van der Waals surface area contributed by atoms with Crippen LogP contribution in [0.1, 0.15) is 37.3 Å². The first kappa shape index (κ1) is 17.1. The lowest BCUT2D eigenvalue weighted by Gasteiger charge is -2.32. The van der Waals surface area contributed by atoms with Gasteiger partial charge in [-0.3, -0.25) is 4.79 Å². The van der Waals surface area contributed by atoms with Crippen LogP contribution in [-0.4, -0.2) is 35.1 Å². The van der Waals surface area contributed by atoms with E-state index in [-0.39, 0.29) is 18.0 Å². The average molecular weight is 316 g/mol. The normalized spacial score (nSPS) is 16.6. The van der Waals surface area contributed by atoms with Crippen molar-refractivity contribution >= 4 is 12.0 Å². The fourth-order valence-corrected chi connectivity index (χ4v) is 2.86. The minimum absolute atomic E-state index is 0.0566. The van der Waals surface area contributed by atoms with E-state index in [1.165, 1.54) is 0 Å². The Morgan fingerprint density at radius 3 is 2.52 bits per heavy atom. The number of nitrogens with zero attached hydrogens (tertiary/aromatic N) is 1. The van der Waals surface area contributed by atoms with E-state index in [4.69, 9.17) is 5.11 Å². The zero-order chi connectivity index (χ0) is 16.7. The second kappa shape index (κ2) is 8.36. The van der Waals surface area contributed by atoms with Gasteiger partial charge in [-0.25, -0.2) is 4.79 Å². The molecule has 1 aromatic carbocycles. The highest BCUT2D eigenvalue weighted by molar-refractivity contribution is 5.75. The number of likely N-dealkylation sites (tertiary alicyclic amines) is 1. The van der Waals surface area contributed by atoms with E-state index in [1.807, 2.05) is 36.4 Å². The maximum atomic E-state index is 12.5. The number of amides is 2. The molecule has 0 aliphatic carbocycles. The van der Waals surface area contributed by atoms with Gasteiger partial charge in [0.15, 0.2) is 0 Å². The summed E-state index contributed by atoms with van der Waals surface area (Å²) >= 11 is 0. The Labute approximate surface area is 137 Å². The molecule has 1 aliphatic heterocycles. The number of nitrogens with one attached hydrogen (secondary N) is 1. The molecule has 1 aromatic rings. The number of allylic oxidation sites excluding steroid dienone is 1. The van der Waals surface area contributed by atoms with E-state index in [9.17, 15) is 9.59 Å². The molecular formula is C18H24N2O3. The summed E-state index contributed by atoms with van der Waals surface area (Å²) < 4.78 is 0. The number of rotatable bonds is 6. The van der Waals surface area contributed by atoms with Crippen molar-refractivity contribution in [2.75, 3.05) is 13.1 Å². The molecule has 0 spiro atoms. The smallest absolute Gasteiger partial charge is 0.317 e. The summed E-state index contributed by atoms with van der Waals surface area (Å²) in [5.41, 5.74) is 1.07. The van der Waals surface area contributed by atoms with Gasteiger partial charge in [-0.15, -0.1) is 6.58 Å². The lowest BCUT2D eigenvalue weighted by atomic mass is 9.97. The number of hydrogen-bond acceptors (Lipinski definition) is 2. The SMILES string of the molecule is C=CCCC(NC(=O)N1CCC(C(=O)O)CC1)c1ccccc1. The van der Waals surface area contributed by atoms with Crippen LogP contribution in [0.3, 0.4) is 0 Å². The van der Waals surface area contributed by atoms with Crippen LogP contribution in [0.4, 0.5) is 4.79 Å². The molecule has 1 fully saturated rings. The molecule has 124 valence electrons. The zero-order valence-electron chi connectivity index (χ0n) is 13.3. The van der Waals surface area contributed by atoms with Gasteiger partial charge < -0.3 is 15.3 Å². The van der Waals surface area contributed by atoms with E-state index >= 15 is 0 Å². The van der Waals surface area contributed by atoms with Gasteiger partial charge in [0.25, 0.3) is 0 Å². The number of aliphatic carboxylic acids is 1. The molecule has 0 bridgehead atoms. The van der Waals surface area contributed by atoms with E-state index in [2.05, 4.69) is 11.9 Å². The maximum Gasteiger partial charge on any atom is 0.317 e. The number of benzene rings is 1. The Morgan fingerprint density at radius 2 is 1.96 bits per heavy atom. The number of hydrogen-bond donors (Lipinski definition) is 2. The van der Waals surface area contributed by atoms with Crippen molar-refractivity contribution in [3.05, 3.63) is 48.6 Å². The standard InChI is InChI=1S/C18H24N2O3/c1-2-3-9-16(14-7-5-4-6-8-14)19-18(23)20-12-10-15(11-13-20)17(21)22/h2,4-8,15-16H,1,3,9-13H2,(H,19,23)(H,21,22). The Balaban J connectivity index is 1.95. The first-order chi connectivity index (χ1) is 11.1. The summed E-state index contributed by atoms with van der Waals surface area (Å²) in [5.74, 6) is -1.09. The molecule has 1 saturated heterocycles. The molecule has 0 radical (unpaired) electrons. The second-order valence-corrected chi connectivity index (χ2v) is 5.88. The van der Waals surface area contributed by atoms with Crippen LogP contribution in [0, 0.1) is 5.92 Å². The predicted octanol–water partition coefficient (Wildman–Crippen LogP) is 3.20. The third-order valence-electron chi connectivity index (χ3n) is 4.29. The van der Waals surface area contributed by atoms with Gasteiger partial charge in [-0.05, 0) is 31.2 Å². The van der Waals surface area contributed by atoms with Crippen LogP contribution >= 0.6 is 0 Å². The number of piperidine rings is 1. The van der Waals surface area contributed by atoms with Gasteiger partial charge in [0.1, 0.15) is 0 Å². The topological polar surface area (TPSA) is 69.6 Å². The van der Waals surface area contributed by atoms with E-state index in [1.54, 1.807) is 4.90 Å². The minimum atomic E-state index is -0.766. The molecule has 5 nitrogen and oxygen atoms in total. The number of carbonyl (C=O) groups excluding carboxylic acids is 1. The van der Waals surface area contributed by atoms with Gasteiger partial charge in [0.05, 0.1) is 12.0 Å². The first-order valence-electron chi connectivity index (χ1n) is 8.06. The van der Waals surface area contributed by atoms with Crippen LogP contribution in [0.25, 0.3) is 0 Å². The van der Waals surface area contributed by atoms with E-state index in [0.717, 1.165) is 18.4 Å². The Kier molecular flexibility index (Phi) is 6.20. The van der Waals surface area contributed by atoms with Crippen molar-refractivity contribution in [2.24, 2.45) is 5.92 Å². The van der Waals surface area contributed by atoms with E-state index in [0.29, 0.717) is 25.9 Å². The molecule has 1 unspecified atom stereocenters. The summed E-state index contributed by atoms with van der Waals surface area (Å²) in [5, 5.41) is 12.1. The molecule has 2 amide bonds.